The molecule has 1 N–H and O–H groups in total. The van der Waals surface area contributed by atoms with Gasteiger partial charge in [-0.25, -0.2) is 0 Å². The smallest absolute Gasteiger partial charge is 0.380 e. The fraction of sp³-hybridized carbons (Fsp3) is 0.478. The molecule has 2 aromatic rings. The first-order chi connectivity index (χ1) is 15.6. The van der Waals surface area contributed by atoms with Gasteiger partial charge in [-0.2, -0.15) is 24.9 Å². The van der Waals surface area contributed by atoms with E-state index in [2.05, 4.69) is 10.3 Å². The van der Waals surface area contributed by atoms with Gasteiger partial charge in [-0.05, 0) is 72.6 Å². The summed E-state index contributed by atoms with van der Waals surface area (Å²) >= 11 is 14.3. The lowest BCUT2D eigenvalue weighted by molar-refractivity contribution is -0.191. The number of pyridine rings is 1. The number of hydrogen-bond acceptors (Lipinski definition) is 4. The fourth-order valence-electron chi connectivity index (χ4n) is 4.58. The van der Waals surface area contributed by atoms with E-state index in [1.54, 1.807) is 30.0 Å². The summed E-state index contributed by atoms with van der Waals surface area (Å²) in [4.78, 5) is 17.7. The molecule has 0 unspecified atom stereocenters. The number of fused-ring (bicyclic) bond motifs is 1. The highest BCUT2D eigenvalue weighted by Crippen LogP contribution is 2.39. The van der Waals surface area contributed by atoms with Crippen molar-refractivity contribution in [3.8, 4) is 0 Å². The molecule has 1 aliphatic carbocycles. The first-order valence-electron chi connectivity index (χ1n) is 10.7. The minimum Gasteiger partial charge on any atom is -0.380 e. The summed E-state index contributed by atoms with van der Waals surface area (Å²) in [5.41, 5.74) is 2.38. The van der Waals surface area contributed by atoms with Crippen LogP contribution >= 0.6 is 35.0 Å². The monoisotopic (exact) mass is 517 g/mol. The van der Waals surface area contributed by atoms with E-state index in [9.17, 15) is 18.0 Å². The van der Waals surface area contributed by atoms with Gasteiger partial charge in [0.05, 0.1) is 17.6 Å². The van der Waals surface area contributed by atoms with Gasteiger partial charge < -0.3 is 10.2 Å². The van der Waals surface area contributed by atoms with E-state index in [0.717, 1.165) is 27.5 Å². The van der Waals surface area contributed by atoms with Crippen LogP contribution in [0.25, 0.3) is 0 Å². The van der Waals surface area contributed by atoms with Gasteiger partial charge in [0.15, 0.2) is 6.04 Å². The van der Waals surface area contributed by atoms with Gasteiger partial charge >= 0.3 is 6.18 Å². The Morgan fingerprint density at radius 3 is 2.24 bits per heavy atom. The van der Waals surface area contributed by atoms with Gasteiger partial charge in [0, 0.05) is 29.1 Å². The molecule has 0 spiro atoms. The Morgan fingerprint density at radius 2 is 1.73 bits per heavy atom. The van der Waals surface area contributed by atoms with E-state index >= 15 is 0 Å². The first kappa shape index (κ1) is 24.5. The van der Waals surface area contributed by atoms with Crippen LogP contribution in [0.4, 0.5) is 18.9 Å². The van der Waals surface area contributed by atoms with E-state index in [4.69, 9.17) is 23.2 Å². The molecule has 2 aliphatic rings. The standard InChI is InChI=1S/C23H24Cl2F3N3OS/c1-31(22(32)13-6-8-33-9-7-13)21(23(26,27)28)20-5-2-14(12-29-20)30-15-10-16-17(11-15)19(25)4-3-18(16)24/h2-5,12-13,15,21,30H,6-11H2,1H3/t21-/m0/s1. The summed E-state index contributed by atoms with van der Waals surface area (Å²) in [5.74, 6) is 0.742. The highest BCUT2D eigenvalue weighted by atomic mass is 35.5. The second-order valence-corrected chi connectivity index (χ2v) is 10.5. The van der Waals surface area contributed by atoms with E-state index in [0.29, 0.717) is 41.4 Å². The summed E-state index contributed by atoms with van der Waals surface area (Å²) in [7, 11) is 1.22. The molecule has 1 saturated heterocycles. The van der Waals surface area contributed by atoms with Crippen molar-refractivity contribution >= 4 is 46.6 Å². The van der Waals surface area contributed by atoms with Crippen LogP contribution in [0.15, 0.2) is 30.5 Å². The molecule has 1 atom stereocenters. The number of hydrogen-bond donors (Lipinski definition) is 1. The fourth-order valence-corrected chi connectivity index (χ4v) is 6.19. The quantitative estimate of drug-likeness (QED) is 0.514. The van der Waals surface area contributed by atoms with E-state index < -0.39 is 18.1 Å². The minimum absolute atomic E-state index is 0.0110. The van der Waals surface area contributed by atoms with Gasteiger partial charge in [-0.1, -0.05) is 23.2 Å². The maximum absolute atomic E-state index is 14.0. The average Bonchev–Trinajstić information content (AvgIpc) is 3.22. The minimum atomic E-state index is -4.63. The molecule has 0 saturated carbocycles. The lowest BCUT2D eigenvalue weighted by Gasteiger charge is -2.33. The van der Waals surface area contributed by atoms with E-state index in [1.807, 2.05) is 0 Å². The Morgan fingerprint density at radius 1 is 1.12 bits per heavy atom. The number of benzene rings is 1. The normalized spacial score (nSPS) is 18.1. The molecule has 1 fully saturated rings. The van der Waals surface area contributed by atoms with Crippen LogP contribution in [-0.2, 0) is 17.6 Å². The van der Waals surface area contributed by atoms with Crippen molar-refractivity contribution in [1.29, 1.82) is 0 Å². The topological polar surface area (TPSA) is 45.2 Å². The van der Waals surface area contributed by atoms with Crippen LogP contribution in [0.3, 0.4) is 0 Å². The number of rotatable bonds is 5. The molecule has 0 radical (unpaired) electrons. The summed E-state index contributed by atoms with van der Waals surface area (Å²) in [6.07, 6.45) is -0.706. The van der Waals surface area contributed by atoms with Crippen molar-refractivity contribution < 1.29 is 18.0 Å². The molecular formula is C23H24Cl2F3N3OS. The van der Waals surface area contributed by atoms with Crippen LogP contribution in [-0.4, -0.2) is 46.6 Å². The second-order valence-electron chi connectivity index (χ2n) is 8.49. The van der Waals surface area contributed by atoms with Crippen molar-refractivity contribution in [2.75, 3.05) is 23.9 Å². The predicted molar refractivity (Wildman–Crippen MR) is 127 cm³/mol. The Kier molecular flexibility index (Phi) is 7.36. The van der Waals surface area contributed by atoms with Gasteiger partial charge in [-0.15, -0.1) is 0 Å². The third kappa shape index (κ3) is 5.38. The number of carbonyl (C=O) groups excluding carboxylic acids is 1. The maximum atomic E-state index is 14.0. The zero-order valence-corrected chi connectivity index (χ0v) is 20.3. The highest BCUT2D eigenvalue weighted by molar-refractivity contribution is 7.99. The number of nitrogens with one attached hydrogen (secondary N) is 1. The maximum Gasteiger partial charge on any atom is 0.414 e. The molecule has 1 aromatic carbocycles. The number of halogens is 5. The number of nitrogens with zero attached hydrogens (tertiary/aromatic N) is 2. The SMILES string of the molecule is CN(C(=O)C1CCSCC1)[C@@H](c1ccc(NC2Cc3c(Cl)ccc(Cl)c3C2)cn1)C(F)(F)F. The highest BCUT2D eigenvalue weighted by Gasteiger charge is 2.47. The van der Waals surface area contributed by atoms with Crippen molar-refractivity contribution in [2.24, 2.45) is 5.92 Å². The number of thioether (sulfide) groups is 1. The average molecular weight is 518 g/mol. The third-order valence-electron chi connectivity index (χ3n) is 6.27. The molecule has 0 bridgehead atoms. The molecular weight excluding hydrogens is 494 g/mol. The van der Waals surface area contributed by atoms with Crippen LogP contribution in [0, 0.1) is 5.92 Å². The van der Waals surface area contributed by atoms with Gasteiger partial charge in [0.2, 0.25) is 5.91 Å². The second kappa shape index (κ2) is 9.92. The molecule has 1 amide bonds. The van der Waals surface area contributed by atoms with Crippen molar-refractivity contribution in [1.82, 2.24) is 9.88 Å². The first-order valence-corrected chi connectivity index (χ1v) is 12.7. The summed E-state index contributed by atoms with van der Waals surface area (Å²) < 4.78 is 41.9. The number of alkyl halides is 3. The van der Waals surface area contributed by atoms with Crippen molar-refractivity contribution in [3.05, 3.63) is 57.3 Å². The van der Waals surface area contributed by atoms with Gasteiger partial charge in [0.1, 0.15) is 0 Å². The molecule has 1 aliphatic heterocycles. The van der Waals surface area contributed by atoms with Crippen LogP contribution < -0.4 is 5.32 Å². The molecule has 33 heavy (non-hydrogen) atoms. The lowest BCUT2D eigenvalue weighted by Crippen LogP contribution is -2.43. The van der Waals surface area contributed by atoms with Crippen LogP contribution in [0.5, 0.6) is 0 Å². The van der Waals surface area contributed by atoms with E-state index in [1.165, 1.54) is 19.3 Å². The summed E-state index contributed by atoms with van der Waals surface area (Å²) in [6, 6.07) is 4.37. The van der Waals surface area contributed by atoms with Gasteiger partial charge in [0.25, 0.3) is 0 Å². The third-order valence-corrected chi connectivity index (χ3v) is 8.03. The van der Waals surface area contributed by atoms with Crippen molar-refractivity contribution in [2.45, 2.75) is 43.9 Å². The zero-order chi connectivity index (χ0) is 23.8. The van der Waals surface area contributed by atoms with Crippen molar-refractivity contribution in [3.63, 3.8) is 0 Å². The lowest BCUT2D eigenvalue weighted by atomic mass is 9.99. The zero-order valence-electron chi connectivity index (χ0n) is 18.0. The summed E-state index contributed by atoms with van der Waals surface area (Å²) in [6.45, 7) is 0. The molecule has 10 heteroatoms. The predicted octanol–water partition coefficient (Wildman–Crippen LogP) is 6.17. The van der Waals surface area contributed by atoms with Crippen LogP contribution in [0.2, 0.25) is 10.0 Å². The summed E-state index contributed by atoms with van der Waals surface area (Å²) in [5, 5.41) is 4.62. The molecule has 1 aromatic heterocycles. The van der Waals surface area contributed by atoms with Crippen LogP contribution in [0.1, 0.15) is 35.7 Å². The molecule has 2 heterocycles. The Balaban J connectivity index is 1.47. The molecule has 4 rings (SSSR count). The number of aromatic nitrogens is 1. The Hall–Kier alpha value is -1.64. The number of amides is 1. The Bertz CT molecular complexity index is 982. The Labute approximate surface area is 205 Å². The number of anilines is 1. The molecule has 4 nitrogen and oxygen atoms in total. The number of carbonyl (C=O) groups is 1. The molecule has 178 valence electrons. The van der Waals surface area contributed by atoms with E-state index in [-0.39, 0.29) is 17.7 Å². The van der Waals surface area contributed by atoms with Gasteiger partial charge in [-0.3, -0.25) is 9.78 Å². The largest absolute Gasteiger partial charge is 0.414 e.